The molecule has 0 spiro atoms. The van der Waals surface area contributed by atoms with Crippen molar-refractivity contribution in [2.24, 2.45) is 0 Å². The number of unbranched alkanes of at least 4 members (excludes halogenated alkanes) is 1. The normalized spacial score (nSPS) is 10.3. The number of halogens is 1. The van der Waals surface area contributed by atoms with E-state index in [0.717, 1.165) is 22.9 Å². The van der Waals surface area contributed by atoms with Gasteiger partial charge in [0.15, 0.2) is 0 Å². The van der Waals surface area contributed by atoms with Gasteiger partial charge in [0.1, 0.15) is 0 Å². The van der Waals surface area contributed by atoms with Crippen LogP contribution in [0.25, 0.3) is 0 Å². The maximum absolute atomic E-state index is 12.1. The second kappa shape index (κ2) is 8.48. The van der Waals surface area contributed by atoms with Crippen LogP contribution in [-0.4, -0.2) is 22.5 Å². The van der Waals surface area contributed by atoms with Crippen molar-refractivity contribution >= 4 is 21.8 Å². The maximum Gasteiger partial charge on any atom is 0.253 e. The van der Waals surface area contributed by atoms with E-state index in [9.17, 15) is 4.79 Å². The van der Waals surface area contributed by atoms with E-state index in [4.69, 9.17) is 4.74 Å². The fourth-order valence-electron chi connectivity index (χ4n) is 1.82. The number of pyridine rings is 2. The fraction of sp³-hybridized carbons (Fsp3) is 0.312. The first kappa shape index (κ1) is 16.4. The molecular formula is C16H18BrN3O2. The third-order valence-corrected chi connectivity index (χ3v) is 3.43. The standard InChI is InChI=1S/C16H18BrN3O2/c1-2-3-7-22-16-12(5-4-6-19-16)10-20-15(21)13-8-14(17)11-18-9-13/h4-6,8-9,11H,2-3,7,10H2,1H3,(H,20,21). The minimum atomic E-state index is -0.183. The number of hydrogen-bond donors (Lipinski definition) is 1. The van der Waals surface area contributed by atoms with Crippen molar-refractivity contribution < 1.29 is 9.53 Å². The van der Waals surface area contributed by atoms with Crippen LogP contribution in [0.5, 0.6) is 5.88 Å². The summed E-state index contributed by atoms with van der Waals surface area (Å²) in [4.78, 5) is 20.3. The van der Waals surface area contributed by atoms with Gasteiger partial charge in [0.05, 0.1) is 12.2 Å². The number of carbonyl (C=O) groups is 1. The second-order valence-electron chi connectivity index (χ2n) is 4.74. The zero-order valence-electron chi connectivity index (χ0n) is 12.4. The number of nitrogens with zero attached hydrogens (tertiary/aromatic N) is 2. The van der Waals surface area contributed by atoms with Crippen LogP contribution >= 0.6 is 15.9 Å². The van der Waals surface area contributed by atoms with E-state index in [0.29, 0.717) is 24.6 Å². The van der Waals surface area contributed by atoms with Crippen molar-refractivity contribution in [2.45, 2.75) is 26.3 Å². The maximum atomic E-state index is 12.1. The highest BCUT2D eigenvalue weighted by Gasteiger charge is 2.09. The van der Waals surface area contributed by atoms with Crippen molar-refractivity contribution in [3.8, 4) is 5.88 Å². The van der Waals surface area contributed by atoms with Crippen molar-refractivity contribution in [1.82, 2.24) is 15.3 Å². The summed E-state index contributed by atoms with van der Waals surface area (Å²) in [6.07, 6.45) is 6.89. The number of rotatable bonds is 7. The Balaban J connectivity index is 1.97. The highest BCUT2D eigenvalue weighted by molar-refractivity contribution is 9.10. The lowest BCUT2D eigenvalue weighted by Gasteiger charge is -2.10. The van der Waals surface area contributed by atoms with Gasteiger partial charge in [0.25, 0.3) is 5.91 Å². The van der Waals surface area contributed by atoms with Gasteiger partial charge in [-0.05, 0) is 34.5 Å². The van der Waals surface area contributed by atoms with Crippen LogP contribution < -0.4 is 10.1 Å². The van der Waals surface area contributed by atoms with E-state index in [1.165, 1.54) is 6.20 Å². The average Bonchev–Trinajstić information content (AvgIpc) is 2.54. The number of amides is 1. The van der Waals surface area contributed by atoms with E-state index in [1.807, 2.05) is 12.1 Å². The summed E-state index contributed by atoms with van der Waals surface area (Å²) in [7, 11) is 0. The molecule has 0 aliphatic heterocycles. The third kappa shape index (κ3) is 4.80. The Bertz CT molecular complexity index is 634. The molecule has 2 aromatic heterocycles. The van der Waals surface area contributed by atoms with Gasteiger partial charge < -0.3 is 10.1 Å². The van der Waals surface area contributed by atoms with Gasteiger partial charge in [-0.1, -0.05) is 19.4 Å². The molecule has 2 aromatic rings. The van der Waals surface area contributed by atoms with Gasteiger partial charge in [-0.2, -0.15) is 0 Å². The van der Waals surface area contributed by atoms with Crippen molar-refractivity contribution in [2.75, 3.05) is 6.61 Å². The summed E-state index contributed by atoms with van der Waals surface area (Å²) in [6, 6.07) is 5.45. The van der Waals surface area contributed by atoms with E-state index in [2.05, 4.69) is 38.1 Å². The number of aromatic nitrogens is 2. The highest BCUT2D eigenvalue weighted by atomic mass is 79.9. The molecule has 1 N–H and O–H groups in total. The smallest absolute Gasteiger partial charge is 0.253 e. The van der Waals surface area contributed by atoms with Crippen LogP contribution in [-0.2, 0) is 6.54 Å². The molecule has 5 nitrogen and oxygen atoms in total. The molecule has 116 valence electrons. The minimum absolute atomic E-state index is 0.183. The summed E-state index contributed by atoms with van der Waals surface area (Å²) in [5.74, 6) is 0.390. The average molecular weight is 364 g/mol. The molecule has 0 unspecified atom stereocenters. The summed E-state index contributed by atoms with van der Waals surface area (Å²) in [5.41, 5.74) is 1.36. The number of nitrogens with one attached hydrogen (secondary N) is 1. The number of ether oxygens (including phenoxy) is 1. The van der Waals surface area contributed by atoms with E-state index >= 15 is 0 Å². The Hall–Kier alpha value is -1.95. The Morgan fingerprint density at radius 1 is 1.41 bits per heavy atom. The quantitative estimate of drug-likeness (QED) is 0.766. The van der Waals surface area contributed by atoms with Crippen LogP contribution in [0.1, 0.15) is 35.7 Å². The Morgan fingerprint density at radius 3 is 3.05 bits per heavy atom. The highest BCUT2D eigenvalue weighted by Crippen LogP contribution is 2.15. The third-order valence-electron chi connectivity index (χ3n) is 2.99. The summed E-state index contributed by atoms with van der Waals surface area (Å²) in [5, 5.41) is 2.85. The van der Waals surface area contributed by atoms with Crippen molar-refractivity contribution in [3.05, 3.63) is 52.4 Å². The second-order valence-corrected chi connectivity index (χ2v) is 5.66. The molecule has 0 aliphatic carbocycles. The van der Waals surface area contributed by atoms with Crippen LogP contribution in [0.3, 0.4) is 0 Å². The number of carbonyl (C=O) groups excluding carboxylic acids is 1. The first-order chi connectivity index (χ1) is 10.7. The molecule has 2 rings (SSSR count). The van der Waals surface area contributed by atoms with Crippen LogP contribution in [0.15, 0.2) is 41.3 Å². The molecule has 0 aliphatic rings. The molecule has 0 aromatic carbocycles. The van der Waals surface area contributed by atoms with Gasteiger partial charge in [-0.15, -0.1) is 0 Å². The van der Waals surface area contributed by atoms with Crippen molar-refractivity contribution in [1.29, 1.82) is 0 Å². The zero-order chi connectivity index (χ0) is 15.8. The minimum Gasteiger partial charge on any atom is -0.477 e. The summed E-state index contributed by atoms with van der Waals surface area (Å²) < 4.78 is 6.42. The molecule has 6 heteroatoms. The summed E-state index contributed by atoms with van der Waals surface area (Å²) >= 11 is 3.30. The number of hydrogen-bond acceptors (Lipinski definition) is 4. The summed E-state index contributed by atoms with van der Waals surface area (Å²) in [6.45, 7) is 3.10. The van der Waals surface area contributed by atoms with Gasteiger partial charge >= 0.3 is 0 Å². The van der Waals surface area contributed by atoms with Crippen molar-refractivity contribution in [3.63, 3.8) is 0 Å². The Kier molecular flexibility index (Phi) is 6.33. The topological polar surface area (TPSA) is 64.1 Å². The first-order valence-corrected chi connectivity index (χ1v) is 7.95. The predicted molar refractivity (Wildman–Crippen MR) is 87.7 cm³/mol. The molecule has 0 bridgehead atoms. The molecule has 0 saturated carbocycles. The molecule has 0 fully saturated rings. The van der Waals surface area contributed by atoms with Gasteiger partial charge in [0.2, 0.25) is 5.88 Å². The fourth-order valence-corrected chi connectivity index (χ4v) is 2.18. The van der Waals surface area contributed by atoms with Gasteiger partial charge in [0, 0.05) is 35.2 Å². The first-order valence-electron chi connectivity index (χ1n) is 7.16. The van der Waals surface area contributed by atoms with Gasteiger partial charge in [-0.3, -0.25) is 9.78 Å². The molecule has 22 heavy (non-hydrogen) atoms. The van der Waals surface area contributed by atoms with Gasteiger partial charge in [-0.25, -0.2) is 4.98 Å². The Morgan fingerprint density at radius 2 is 2.27 bits per heavy atom. The lowest BCUT2D eigenvalue weighted by atomic mass is 10.2. The molecular weight excluding hydrogens is 346 g/mol. The molecule has 0 atom stereocenters. The van der Waals surface area contributed by atoms with E-state index in [-0.39, 0.29) is 5.91 Å². The molecule has 2 heterocycles. The monoisotopic (exact) mass is 363 g/mol. The largest absolute Gasteiger partial charge is 0.477 e. The zero-order valence-corrected chi connectivity index (χ0v) is 14.0. The molecule has 0 saturated heterocycles. The predicted octanol–water partition coefficient (Wildman–Crippen LogP) is 3.35. The van der Waals surface area contributed by atoms with E-state index in [1.54, 1.807) is 18.5 Å². The van der Waals surface area contributed by atoms with Crippen LogP contribution in [0.4, 0.5) is 0 Å². The van der Waals surface area contributed by atoms with Crippen LogP contribution in [0, 0.1) is 0 Å². The van der Waals surface area contributed by atoms with E-state index < -0.39 is 0 Å². The SMILES string of the molecule is CCCCOc1ncccc1CNC(=O)c1cncc(Br)c1. The Labute approximate surface area is 138 Å². The molecule has 0 radical (unpaired) electrons. The van der Waals surface area contributed by atoms with Crippen LogP contribution in [0.2, 0.25) is 0 Å². The lowest BCUT2D eigenvalue weighted by molar-refractivity contribution is 0.0950. The lowest BCUT2D eigenvalue weighted by Crippen LogP contribution is -2.23. The molecule has 1 amide bonds.